The maximum atomic E-state index is 13.5. The van der Waals surface area contributed by atoms with E-state index in [9.17, 15) is 10.1 Å². The number of nitrogens with zero attached hydrogens (tertiary/aromatic N) is 2. The molecular formula is C27H23N3O2S. The first-order valence-corrected chi connectivity index (χ1v) is 11.9. The molecule has 5 nitrogen and oxygen atoms in total. The van der Waals surface area contributed by atoms with Crippen molar-refractivity contribution in [1.29, 1.82) is 5.26 Å². The number of anilines is 1. The summed E-state index contributed by atoms with van der Waals surface area (Å²) in [6, 6.07) is 19.4. The van der Waals surface area contributed by atoms with Gasteiger partial charge in [-0.1, -0.05) is 24.6 Å². The number of nitrogens with one attached hydrogen (secondary N) is 1. The highest BCUT2D eigenvalue weighted by Crippen LogP contribution is 2.37. The Balaban J connectivity index is 1.55. The minimum absolute atomic E-state index is 0.226. The van der Waals surface area contributed by atoms with Gasteiger partial charge in [-0.2, -0.15) is 5.26 Å². The van der Waals surface area contributed by atoms with Gasteiger partial charge >= 0.3 is 0 Å². The number of aromatic nitrogens is 1. The molecule has 4 aromatic rings. The highest BCUT2D eigenvalue weighted by molar-refractivity contribution is 7.16. The highest BCUT2D eigenvalue weighted by atomic mass is 32.1. The fraction of sp³-hybridized carbons (Fsp3) is 0.222. The second-order valence-electron chi connectivity index (χ2n) is 8.14. The molecule has 6 heteroatoms. The molecule has 0 bridgehead atoms. The first-order chi connectivity index (χ1) is 16.2. The molecule has 164 valence electrons. The number of hydrogen-bond acceptors (Lipinski definition) is 5. The number of pyridine rings is 1. The van der Waals surface area contributed by atoms with E-state index < -0.39 is 0 Å². The quantitative estimate of drug-likeness (QED) is 0.365. The van der Waals surface area contributed by atoms with Gasteiger partial charge in [0.05, 0.1) is 29.4 Å². The van der Waals surface area contributed by atoms with Crippen molar-refractivity contribution in [1.82, 2.24) is 4.98 Å². The number of rotatable bonds is 4. The van der Waals surface area contributed by atoms with E-state index in [1.54, 1.807) is 18.4 Å². The second kappa shape index (κ2) is 9.05. The second-order valence-corrected chi connectivity index (χ2v) is 9.24. The van der Waals surface area contributed by atoms with Crippen molar-refractivity contribution in [2.24, 2.45) is 0 Å². The van der Waals surface area contributed by atoms with Gasteiger partial charge in [0, 0.05) is 15.8 Å². The van der Waals surface area contributed by atoms with E-state index in [4.69, 9.17) is 9.72 Å². The molecule has 0 spiro atoms. The third-order valence-electron chi connectivity index (χ3n) is 6.11. The van der Waals surface area contributed by atoms with Crippen LogP contribution in [-0.2, 0) is 12.8 Å². The number of amides is 1. The maximum absolute atomic E-state index is 13.5. The van der Waals surface area contributed by atoms with Crippen molar-refractivity contribution in [2.75, 3.05) is 12.4 Å². The summed E-state index contributed by atoms with van der Waals surface area (Å²) < 4.78 is 5.26. The Morgan fingerprint density at radius 3 is 2.67 bits per heavy atom. The van der Waals surface area contributed by atoms with E-state index in [2.05, 4.69) is 11.4 Å². The molecule has 2 heterocycles. The standard InChI is InChI=1S/C27H23N3O2S/c1-32-18-13-11-17(12-14-18)24-15-21(19-7-5-6-9-23(19)29-24)26(31)30-27-22(16-28)20-8-3-2-4-10-25(20)33-27/h5-7,9,11-15H,2-4,8,10H2,1H3,(H,30,31). The average molecular weight is 454 g/mol. The molecular weight excluding hydrogens is 430 g/mol. The number of ether oxygens (including phenoxy) is 1. The van der Waals surface area contributed by atoms with E-state index in [0.717, 1.165) is 53.5 Å². The van der Waals surface area contributed by atoms with E-state index in [0.29, 0.717) is 21.8 Å². The SMILES string of the molecule is COc1ccc(-c2cc(C(=O)Nc3sc4c(c3C#N)CCCCC4)c3ccccc3n2)cc1. The van der Waals surface area contributed by atoms with Crippen LogP contribution < -0.4 is 10.1 Å². The third kappa shape index (κ3) is 4.08. The monoisotopic (exact) mass is 453 g/mol. The summed E-state index contributed by atoms with van der Waals surface area (Å²) in [5.74, 6) is 0.537. The minimum Gasteiger partial charge on any atom is -0.497 e. The predicted octanol–water partition coefficient (Wildman–Crippen LogP) is 6.36. The van der Waals surface area contributed by atoms with E-state index in [1.165, 1.54) is 11.3 Å². The van der Waals surface area contributed by atoms with Crippen LogP contribution in [0.1, 0.15) is 45.6 Å². The molecule has 0 fully saturated rings. The zero-order valence-electron chi connectivity index (χ0n) is 18.4. The van der Waals surface area contributed by atoms with Gasteiger partial charge in [-0.3, -0.25) is 4.79 Å². The smallest absolute Gasteiger partial charge is 0.257 e. The Labute approximate surface area is 196 Å². The molecule has 33 heavy (non-hydrogen) atoms. The number of aryl methyl sites for hydroxylation is 1. The van der Waals surface area contributed by atoms with Crippen LogP contribution in [0.15, 0.2) is 54.6 Å². The lowest BCUT2D eigenvalue weighted by atomic mass is 10.0. The van der Waals surface area contributed by atoms with Gasteiger partial charge in [-0.15, -0.1) is 11.3 Å². The van der Waals surface area contributed by atoms with Crippen molar-refractivity contribution in [3.63, 3.8) is 0 Å². The van der Waals surface area contributed by atoms with Crippen LogP contribution >= 0.6 is 11.3 Å². The first kappa shape index (κ1) is 21.2. The van der Waals surface area contributed by atoms with Gasteiger partial charge in [-0.05, 0) is 67.6 Å². The van der Waals surface area contributed by atoms with Gasteiger partial charge in [0.1, 0.15) is 16.8 Å². The zero-order chi connectivity index (χ0) is 22.8. The lowest BCUT2D eigenvalue weighted by Crippen LogP contribution is -2.13. The molecule has 0 unspecified atom stereocenters. The van der Waals surface area contributed by atoms with Gasteiger partial charge < -0.3 is 10.1 Å². The lowest BCUT2D eigenvalue weighted by Gasteiger charge is -2.11. The van der Waals surface area contributed by atoms with Crippen molar-refractivity contribution in [3.8, 4) is 23.1 Å². The highest BCUT2D eigenvalue weighted by Gasteiger charge is 2.22. The molecule has 2 aromatic heterocycles. The number of carbonyl (C=O) groups is 1. The summed E-state index contributed by atoms with van der Waals surface area (Å²) in [5.41, 5.74) is 4.64. The topological polar surface area (TPSA) is 75.0 Å². The van der Waals surface area contributed by atoms with Crippen molar-refractivity contribution >= 4 is 33.1 Å². The first-order valence-electron chi connectivity index (χ1n) is 11.1. The summed E-state index contributed by atoms with van der Waals surface area (Å²) in [6.07, 6.45) is 5.29. The Kier molecular flexibility index (Phi) is 5.80. The molecule has 2 aromatic carbocycles. The molecule has 0 aliphatic heterocycles. The lowest BCUT2D eigenvalue weighted by molar-refractivity contribution is 0.102. The summed E-state index contributed by atoms with van der Waals surface area (Å²) in [5, 5.41) is 14.3. The number of carbonyl (C=O) groups excluding carboxylic acids is 1. The van der Waals surface area contributed by atoms with Gasteiger partial charge in [0.25, 0.3) is 5.91 Å². The minimum atomic E-state index is -0.226. The number of fused-ring (bicyclic) bond motifs is 2. The van der Waals surface area contributed by atoms with E-state index >= 15 is 0 Å². The van der Waals surface area contributed by atoms with Crippen molar-refractivity contribution in [3.05, 3.63) is 76.2 Å². The van der Waals surface area contributed by atoms with Crippen molar-refractivity contribution < 1.29 is 9.53 Å². The fourth-order valence-corrected chi connectivity index (χ4v) is 5.63. The largest absolute Gasteiger partial charge is 0.497 e. The molecule has 0 saturated carbocycles. The molecule has 0 atom stereocenters. The van der Waals surface area contributed by atoms with Crippen molar-refractivity contribution in [2.45, 2.75) is 32.1 Å². The molecule has 0 radical (unpaired) electrons. The summed E-state index contributed by atoms with van der Waals surface area (Å²) in [4.78, 5) is 19.5. The maximum Gasteiger partial charge on any atom is 0.257 e. The van der Waals surface area contributed by atoms with Crippen LogP contribution in [0.5, 0.6) is 5.75 Å². The number of thiophene rings is 1. The van der Waals surface area contributed by atoms with Crippen LogP contribution in [0.4, 0.5) is 5.00 Å². The molecule has 1 aliphatic carbocycles. The summed E-state index contributed by atoms with van der Waals surface area (Å²) >= 11 is 1.55. The number of para-hydroxylation sites is 1. The van der Waals surface area contributed by atoms with Crippen LogP contribution in [0.2, 0.25) is 0 Å². The van der Waals surface area contributed by atoms with Gasteiger partial charge in [-0.25, -0.2) is 4.98 Å². The van der Waals surface area contributed by atoms with E-state index in [-0.39, 0.29) is 5.91 Å². The third-order valence-corrected chi connectivity index (χ3v) is 7.31. The Morgan fingerprint density at radius 2 is 1.88 bits per heavy atom. The fourth-order valence-electron chi connectivity index (χ4n) is 4.39. The zero-order valence-corrected chi connectivity index (χ0v) is 19.2. The Bertz CT molecular complexity index is 1380. The van der Waals surface area contributed by atoms with Crippen LogP contribution in [0.25, 0.3) is 22.2 Å². The molecule has 1 amide bonds. The number of methoxy groups -OCH3 is 1. The normalized spacial score (nSPS) is 13.1. The van der Waals surface area contributed by atoms with Crippen LogP contribution in [0, 0.1) is 11.3 Å². The van der Waals surface area contributed by atoms with Gasteiger partial charge in [0.2, 0.25) is 0 Å². The Morgan fingerprint density at radius 1 is 1.09 bits per heavy atom. The van der Waals surface area contributed by atoms with Gasteiger partial charge in [0.15, 0.2) is 0 Å². The summed E-state index contributed by atoms with van der Waals surface area (Å²) in [7, 11) is 1.63. The number of hydrogen-bond donors (Lipinski definition) is 1. The predicted molar refractivity (Wildman–Crippen MR) is 132 cm³/mol. The summed E-state index contributed by atoms with van der Waals surface area (Å²) in [6.45, 7) is 0. The molecule has 5 rings (SSSR count). The molecule has 1 N–H and O–H groups in total. The van der Waals surface area contributed by atoms with Crippen LogP contribution in [-0.4, -0.2) is 18.0 Å². The average Bonchev–Trinajstić information content (AvgIpc) is 3.01. The van der Waals surface area contributed by atoms with Crippen LogP contribution in [0.3, 0.4) is 0 Å². The number of benzene rings is 2. The number of nitriles is 1. The Hall–Kier alpha value is -3.69. The molecule has 0 saturated heterocycles. The molecule has 1 aliphatic rings. The van der Waals surface area contributed by atoms with E-state index in [1.807, 2.05) is 54.6 Å².